The molecule has 1 atom stereocenters. The van der Waals surface area contributed by atoms with Gasteiger partial charge in [-0.15, -0.1) is 0 Å². The number of benzene rings is 2. The molecule has 1 aliphatic rings. The highest BCUT2D eigenvalue weighted by molar-refractivity contribution is 6.39. The molecule has 0 bridgehead atoms. The molecule has 1 heterocycles. The molecule has 2 aromatic rings. The number of urea groups is 1. The van der Waals surface area contributed by atoms with Gasteiger partial charge in [0.25, 0.3) is 11.8 Å². The lowest BCUT2D eigenvalue weighted by atomic mass is 10.1. The molecule has 2 aromatic carbocycles. The highest BCUT2D eigenvalue weighted by Crippen LogP contribution is 2.26. The Morgan fingerprint density at radius 1 is 1.13 bits per heavy atom. The van der Waals surface area contributed by atoms with Crippen LogP contribution < -0.4 is 15.0 Å². The summed E-state index contributed by atoms with van der Waals surface area (Å²) in [4.78, 5) is 49.6. The van der Waals surface area contributed by atoms with Crippen LogP contribution in [0.3, 0.4) is 0 Å². The number of hydrogen-bond acceptors (Lipinski definition) is 5. The Kier molecular flexibility index (Phi) is 5.96. The summed E-state index contributed by atoms with van der Waals surface area (Å²) in [7, 11) is 0. The van der Waals surface area contributed by atoms with Crippen molar-refractivity contribution in [3.8, 4) is 5.75 Å². The van der Waals surface area contributed by atoms with Crippen LogP contribution in [-0.2, 0) is 20.8 Å². The van der Waals surface area contributed by atoms with Crippen LogP contribution in [0.5, 0.6) is 5.75 Å². The Morgan fingerprint density at radius 3 is 2.43 bits per heavy atom. The number of aliphatic carboxylic acids is 1. The van der Waals surface area contributed by atoms with Gasteiger partial charge in [-0.05, 0) is 43.2 Å². The molecular weight excluding hydrogens is 388 g/mol. The average molecular weight is 408 g/mol. The normalized spacial score (nSPS) is 16.4. The molecule has 0 spiro atoms. The SMILES string of the molecule is CCc1ccc(N2C(=O)NC(=O)/C(=C\c3ccccc3O[C@H](C)C(=O)O)C2=O)cc1. The number of carboxylic acids is 1. The Labute approximate surface area is 172 Å². The molecule has 0 unspecified atom stereocenters. The first-order valence-corrected chi connectivity index (χ1v) is 9.30. The molecular formula is C22H20N2O6. The van der Waals surface area contributed by atoms with Gasteiger partial charge in [-0.25, -0.2) is 14.5 Å². The van der Waals surface area contributed by atoms with E-state index >= 15 is 0 Å². The summed E-state index contributed by atoms with van der Waals surface area (Å²) in [6, 6.07) is 12.4. The number of amides is 4. The van der Waals surface area contributed by atoms with E-state index in [9.17, 15) is 19.2 Å². The van der Waals surface area contributed by atoms with Gasteiger partial charge in [-0.2, -0.15) is 0 Å². The summed E-state index contributed by atoms with van der Waals surface area (Å²) in [5, 5.41) is 11.2. The van der Waals surface area contributed by atoms with Crippen LogP contribution >= 0.6 is 0 Å². The predicted molar refractivity (Wildman–Crippen MR) is 109 cm³/mol. The third-order valence-corrected chi connectivity index (χ3v) is 4.57. The lowest BCUT2D eigenvalue weighted by Crippen LogP contribution is -2.54. The van der Waals surface area contributed by atoms with Crippen LogP contribution in [0, 0.1) is 0 Å². The van der Waals surface area contributed by atoms with Crippen LogP contribution in [0.4, 0.5) is 10.5 Å². The number of barbiturate groups is 1. The molecule has 1 fully saturated rings. The molecule has 1 saturated heterocycles. The highest BCUT2D eigenvalue weighted by atomic mass is 16.5. The lowest BCUT2D eigenvalue weighted by molar-refractivity contribution is -0.144. The number of rotatable bonds is 6. The Balaban J connectivity index is 1.98. The number of imide groups is 2. The van der Waals surface area contributed by atoms with Crippen LogP contribution in [0.1, 0.15) is 25.0 Å². The number of para-hydroxylation sites is 1. The molecule has 8 nitrogen and oxygen atoms in total. The van der Waals surface area contributed by atoms with Gasteiger partial charge in [-0.1, -0.05) is 37.3 Å². The van der Waals surface area contributed by atoms with Crippen molar-refractivity contribution in [3.63, 3.8) is 0 Å². The van der Waals surface area contributed by atoms with Crippen LogP contribution in [0.25, 0.3) is 6.08 Å². The van der Waals surface area contributed by atoms with E-state index in [2.05, 4.69) is 5.32 Å². The second-order valence-electron chi connectivity index (χ2n) is 6.61. The number of ether oxygens (including phenoxy) is 1. The predicted octanol–water partition coefficient (Wildman–Crippen LogP) is 2.77. The fourth-order valence-electron chi connectivity index (χ4n) is 2.88. The van der Waals surface area contributed by atoms with Crippen LogP contribution in [0.15, 0.2) is 54.1 Å². The smallest absolute Gasteiger partial charge is 0.344 e. The summed E-state index contributed by atoms with van der Waals surface area (Å²) >= 11 is 0. The van der Waals surface area contributed by atoms with Crippen molar-refractivity contribution in [2.24, 2.45) is 0 Å². The van der Waals surface area contributed by atoms with Crippen molar-refractivity contribution in [1.29, 1.82) is 0 Å². The topological polar surface area (TPSA) is 113 Å². The number of nitrogens with zero attached hydrogens (tertiary/aromatic N) is 1. The van der Waals surface area contributed by atoms with Gasteiger partial charge in [-0.3, -0.25) is 14.9 Å². The summed E-state index contributed by atoms with van der Waals surface area (Å²) in [6.07, 6.45) is 0.951. The van der Waals surface area contributed by atoms with Gasteiger partial charge < -0.3 is 9.84 Å². The maximum atomic E-state index is 13.0. The van der Waals surface area contributed by atoms with E-state index in [1.165, 1.54) is 19.1 Å². The number of nitrogens with one attached hydrogen (secondary N) is 1. The van der Waals surface area contributed by atoms with Gasteiger partial charge in [0, 0.05) is 5.56 Å². The van der Waals surface area contributed by atoms with E-state index in [0.29, 0.717) is 11.3 Å². The van der Waals surface area contributed by atoms with E-state index in [1.54, 1.807) is 42.5 Å². The lowest BCUT2D eigenvalue weighted by Gasteiger charge is -2.26. The Morgan fingerprint density at radius 2 is 1.80 bits per heavy atom. The summed E-state index contributed by atoms with van der Waals surface area (Å²) in [6.45, 7) is 3.35. The molecule has 2 N–H and O–H groups in total. The number of aryl methyl sites for hydroxylation is 1. The first-order valence-electron chi connectivity index (χ1n) is 9.30. The molecule has 30 heavy (non-hydrogen) atoms. The van der Waals surface area contributed by atoms with Crippen molar-refractivity contribution in [1.82, 2.24) is 5.32 Å². The zero-order valence-corrected chi connectivity index (χ0v) is 16.4. The second-order valence-corrected chi connectivity index (χ2v) is 6.61. The monoisotopic (exact) mass is 408 g/mol. The van der Waals surface area contributed by atoms with Gasteiger partial charge in [0.2, 0.25) is 0 Å². The number of carboxylic acid groups (broad SMARTS) is 1. The molecule has 0 aliphatic carbocycles. The van der Waals surface area contributed by atoms with Crippen molar-refractivity contribution < 1.29 is 29.0 Å². The molecule has 4 amide bonds. The minimum Gasteiger partial charge on any atom is -0.479 e. The standard InChI is InChI=1S/C22H20N2O6/c1-3-14-8-10-16(11-9-14)24-20(26)17(19(25)23-22(24)29)12-15-6-4-5-7-18(15)30-13(2)21(27)28/h4-13H,3H2,1-2H3,(H,27,28)(H,23,25,29)/b17-12+/t13-/m1/s1. The molecule has 0 radical (unpaired) electrons. The van der Waals surface area contributed by atoms with Crippen molar-refractivity contribution in [2.75, 3.05) is 4.90 Å². The summed E-state index contributed by atoms with van der Waals surface area (Å²) in [5.74, 6) is -2.59. The second kappa shape index (κ2) is 8.60. The van der Waals surface area contributed by atoms with E-state index in [4.69, 9.17) is 9.84 Å². The first kappa shape index (κ1) is 20.8. The van der Waals surface area contributed by atoms with Gasteiger partial charge in [0.15, 0.2) is 6.10 Å². The van der Waals surface area contributed by atoms with E-state index < -0.39 is 29.9 Å². The Bertz CT molecular complexity index is 1040. The van der Waals surface area contributed by atoms with Crippen molar-refractivity contribution in [3.05, 3.63) is 65.2 Å². The van der Waals surface area contributed by atoms with E-state index in [1.807, 2.05) is 6.92 Å². The molecule has 1 aliphatic heterocycles. The third kappa shape index (κ3) is 4.22. The van der Waals surface area contributed by atoms with Gasteiger partial charge in [0.1, 0.15) is 11.3 Å². The zero-order chi connectivity index (χ0) is 21.8. The molecule has 0 saturated carbocycles. The minimum absolute atomic E-state index is 0.191. The van der Waals surface area contributed by atoms with E-state index in [0.717, 1.165) is 16.9 Å². The Hall–Kier alpha value is -3.94. The average Bonchev–Trinajstić information content (AvgIpc) is 2.72. The molecule has 8 heteroatoms. The third-order valence-electron chi connectivity index (χ3n) is 4.57. The maximum absolute atomic E-state index is 13.0. The maximum Gasteiger partial charge on any atom is 0.344 e. The number of carbonyl (C=O) groups excluding carboxylic acids is 3. The highest BCUT2D eigenvalue weighted by Gasteiger charge is 2.37. The van der Waals surface area contributed by atoms with Gasteiger partial charge >= 0.3 is 12.0 Å². The molecule has 0 aromatic heterocycles. The molecule has 3 rings (SSSR count). The zero-order valence-electron chi connectivity index (χ0n) is 16.4. The fourth-order valence-corrected chi connectivity index (χ4v) is 2.88. The van der Waals surface area contributed by atoms with E-state index in [-0.39, 0.29) is 11.3 Å². The summed E-state index contributed by atoms with van der Waals surface area (Å²) < 4.78 is 5.41. The van der Waals surface area contributed by atoms with Crippen molar-refractivity contribution in [2.45, 2.75) is 26.4 Å². The minimum atomic E-state index is -1.16. The molecule has 154 valence electrons. The van der Waals surface area contributed by atoms with Crippen LogP contribution in [-0.4, -0.2) is 35.0 Å². The number of carbonyl (C=O) groups is 4. The van der Waals surface area contributed by atoms with Crippen LogP contribution in [0.2, 0.25) is 0 Å². The fraction of sp³-hybridized carbons (Fsp3) is 0.182. The van der Waals surface area contributed by atoms with Gasteiger partial charge in [0.05, 0.1) is 5.69 Å². The largest absolute Gasteiger partial charge is 0.479 e. The number of hydrogen-bond donors (Lipinski definition) is 2. The number of anilines is 1. The quantitative estimate of drug-likeness (QED) is 0.561. The van der Waals surface area contributed by atoms with Crippen molar-refractivity contribution >= 4 is 35.6 Å². The first-order chi connectivity index (χ1) is 14.3. The summed E-state index contributed by atoms with van der Waals surface area (Å²) in [5.41, 5.74) is 1.43.